The summed E-state index contributed by atoms with van der Waals surface area (Å²) in [5.41, 5.74) is 0.577. The van der Waals surface area contributed by atoms with Gasteiger partial charge in [-0.2, -0.15) is 5.26 Å². The summed E-state index contributed by atoms with van der Waals surface area (Å²) >= 11 is 0. The standard InChI is InChI=1S/C18H13F2NO2/c1-2-3-4-12-5-7-13(8-6-12)18(22)23-14-9-16(19)15(11-21)17(20)10-14/h2-3,5-10H,4H2,1H3/b3-2+. The predicted octanol–water partition coefficient (Wildman–Crippen LogP) is 4.17. The van der Waals surface area contributed by atoms with Gasteiger partial charge in [0.1, 0.15) is 29.0 Å². The van der Waals surface area contributed by atoms with Gasteiger partial charge in [-0.05, 0) is 31.0 Å². The van der Waals surface area contributed by atoms with Crippen LogP contribution in [0.1, 0.15) is 28.4 Å². The molecule has 0 aliphatic carbocycles. The minimum absolute atomic E-state index is 0.263. The summed E-state index contributed by atoms with van der Waals surface area (Å²) in [6.07, 6.45) is 4.66. The molecule has 0 unspecified atom stereocenters. The molecule has 0 saturated heterocycles. The average molecular weight is 313 g/mol. The van der Waals surface area contributed by atoms with Crippen LogP contribution < -0.4 is 4.74 Å². The van der Waals surface area contributed by atoms with Crippen LogP contribution in [-0.2, 0) is 6.42 Å². The third kappa shape index (κ3) is 4.01. The van der Waals surface area contributed by atoms with Gasteiger partial charge in [0.05, 0.1) is 5.56 Å². The molecule has 2 aromatic rings. The molecular formula is C18H13F2NO2. The number of nitriles is 1. The minimum Gasteiger partial charge on any atom is -0.423 e. The van der Waals surface area contributed by atoms with E-state index in [9.17, 15) is 13.6 Å². The molecular weight excluding hydrogens is 300 g/mol. The number of carbonyl (C=O) groups is 1. The highest BCUT2D eigenvalue weighted by Gasteiger charge is 2.14. The summed E-state index contributed by atoms with van der Waals surface area (Å²) in [5, 5.41) is 8.60. The lowest BCUT2D eigenvalue weighted by Crippen LogP contribution is -2.09. The van der Waals surface area contributed by atoms with Crippen LogP contribution in [0.25, 0.3) is 0 Å². The first kappa shape index (κ1) is 16.4. The van der Waals surface area contributed by atoms with E-state index in [0.717, 1.165) is 24.1 Å². The largest absolute Gasteiger partial charge is 0.423 e. The molecule has 116 valence electrons. The summed E-state index contributed by atoms with van der Waals surface area (Å²) in [7, 11) is 0. The van der Waals surface area contributed by atoms with Gasteiger partial charge in [0, 0.05) is 12.1 Å². The van der Waals surface area contributed by atoms with Gasteiger partial charge in [0.15, 0.2) is 0 Å². The van der Waals surface area contributed by atoms with E-state index in [2.05, 4.69) is 0 Å². The zero-order chi connectivity index (χ0) is 16.8. The zero-order valence-corrected chi connectivity index (χ0v) is 12.3. The maximum atomic E-state index is 13.5. The number of ether oxygens (including phenoxy) is 1. The molecule has 0 heterocycles. The minimum atomic E-state index is -1.07. The number of rotatable bonds is 4. The van der Waals surface area contributed by atoms with Gasteiger partial charge in [-0.25, -0.2) is 13.6 Å². The van der Waals surface area contributed by atoms with E-state index in [0.29, 0.717) is 0 Å². The SMILES string of the molecule is C/C=C/Cc1ccc(C(=O)Oc2cc(F)c(C#N)c(F)c2)cc1. The molecule has 0 amide bonds. The van der Waals surface area contributed by atoms with Crippen molar-refractivity contribution in [3.8, 4) is 11.8 Å². The Kier molecular flexibility index (Phi) is 5.21. The fourth-order valence-corrected chi connectivity index (χ4v) is 1.91. The second-order valence-corrected chi connectivity index (χ2v) is 4.73. The third-order valence-electron chi connectivity index (χ3n) is 3.12. The smallest absolute Gasteiger partial charge is 0.343 e. The number of allylic oxidation sites excluding steroid dienone is 2. The molecule has 2 rings (SSSR count). The zero-order valence-electron chi connectivity index (χ0n) is 12.3. The molecule has 0 aliphatic heterocycles. The van der Waals surface area contributed by atoms with Gasteiger partial charge >= 0.3 is 5.97 Å². The average Bonchev–Trinajstić information content (AvgIpc) is 2.53. The van der Waals surface area contributed by atoms with Gasteiger partial charge in [-0.15, -0.1) is 0 Å². The second kappa shape index (κ2) is 7.32. The monoisotopic (exact) mass is 313 g/mol. The number of carbonyl (C=O) groups excluding carboxylic acids is 1. The van der Waals surface area contributed by atoms with E-state index in [-0.39, 0.29) is 11.3 Å². The van der Waals surface area contributed by atoms with Crippen molar-refractivity contribution in [3.05, 3.63) is 76.9 Å². The van der Waals surface area contributed by atoms with Crippen molar-refractivity contribution in [2.24, 2.45) is 0 Å². The number of hydrogen-bond donors (Lipinski definition) is 0. The summed E-state index contributed by atoms with van der Waals surface area (Å²) in [4.78, 5) is 12.0. The summed E-state index contributed by atoms with van der Waals surface area (Å²) in [6, 6.07) is 9.72. The van der Waals surface area contributed by atoms with Gasteiger partial charge in [0.2, 0.25) is 0 Å². The van der Waals surface area contributed by atoms with E-state index < -0.39 is 23.2 Å². The van der Waals surface area contributed by atoms with Crippen LogP contribution in [0, 0.1) is 23.0 Å². The van der Waals surface area contributed by atoms with Crippen LogP contribution in [0.2, 0.25) is 0 Å². The van der Waals surface area contributed by atoms with E-state index >= 15 is 0 Å². The van der Waals surface area contributed by atoms with Crippen LogP contribution >= 0.6 is 0 Å². The van der Waals surface area contributed by atoms with Crippen LogP contribution in [0.4, 0.5) is 8.78 Å². The Morgan fingerprint density at radius 2 is 1.83 bits per heavy atom. The number of benzene rings is 2. The van der Waals surface area contributed by atoms with E-state index in [4.69, 9.17) is 10.00 Å². The molecule has 0 N–H and O–H groups in total. The highest BCUT2D eigenvalue weighted by Crippen LogP contribution is 2.21. The summed E-state index contributed by atoms with van der Waals surface area (Å²) in [5.74, 6) is -3.16. The number of nitrogens with zero attached hydrogens (tertiary/aromatic N) is 1. The quantitative estimate of drug-likeness (QED) is 0.483. The predicted molar refractivity (Wildman–Crippen MR) is 81.0 cm³/mol. The maximum Gasteiger partial charge on any atom is 0.343 e. The van der Waals surface area contributed by atoms with Crippen molar-refractivity contribution >= 4 is 5.97 Å². The van der Waals surface area contributed by atoms with Gasteiger partial charge in [-0.3, -0.25) is 0 Å². The van der Waals surface area contributed by atoms with Crippen molar-refractivity contribution < 1.29 is 18.3 Å². The molecule has 0 aromatic heterocycles. The van der Waals surface area contributed by atoms with Crippen LogP contribution in [0.5, 0.6) is 5.75 Å². The van der Waals surface area contributed by atoms with Gasteiger partial charge < -0.3 is 4.74 Å². The first-order chi connectivity index (χ1) is 11.0. The van der Waals surface area contributed by atoms with Crippen LogP contribution in [0.15, 0.2) is 48.6 Å². The molecule has 2 aromatic carbocycles. The third-order valence-corrected chi connectivity index (χ3v) is 3.12. The fraction of sp³-hybridized carbons (Fsp3) is 0.111. The normalized spacial score (nSPS) is 10.5. The molecule has 23 heavy (non-hydrogen) atoms. The molecule has 0 bridgehead atoms. The summed E-state index contributed by atoms with van der Waals surface area (Å²) < 4.78 is 31.9. The van der Waals surface area contributed by atoms with E-state index in [1.165, 1.54) is 6.07 Å². The summed E-state index contributed by atoms with van der Waals surface area (Å²) in [6.45, 7) is 1.92. The lowest BCUT2D eigenvalue weighted by atomic mass is 10.1. The van der Waals surface area contributed by atoms with Crippen molar-refractivity contribution in [2.45, 2.75) is 13.3 Å². The van der Waals surface area contributed by atoms with Crippen molar-refractivity contribution in [2.75, 3.05) is 0 Å². The molecule has 0 aliphatic rings. The molecule has 0 spiro atoms. The first-order valence-corrected chi connectivity index (χ1v) is 6.86. The van der Waals surface area contributed by atoms with Gasteiger partial charge in [-0.1, -0.05) is 24.3 Å². The lowest BCUT2D eigenvalue weighted by molar-refractivity contribution is 0.0734. The molecule has 0 saturated carbocycles. The number of esters is 1. The Balaban J connectivity index is 2.14. The van der Waals surface area contributed by atoms with Crippen molar-refractivity contribution in [3.63, 3.8) is 0 Å². The highest BCUT2D eigenvalue weighted by atomic mass is 19.1. The first-order valence-electron chi connectivity index (χ1n) is 6.86. The Labute approximate surface area is 132 Å². The Morgan fingerprint density at radius 3 is 2.35 bits per heavy atom. The number of halogens is 2. The topological polar surface area (TPSA) is 50.1 Å². The molecule has 0 fully saturated rings. The Morgan fingerprint density at radius 1 is 1.22 bits per heavy atom. The maximum absolute atomic E-state index is 13.5. The Bertz CT molecular complexity index is 767. The van der Waals surface area contributed by atoms with Crippen molar-refractivity contribution in [1.29, 1.82) is 5.26 Å². The van der Waals surface area contributed by atoms with Crippen molar-refractivity contribution in [1.82, 2.24) is 0 Å². The number of hydrogen-bond acceptors (Lipinski definition) is 3. The van der Waals surface area contributed by atoms with Crippen LogP contribution in [-0.4, -0.2) is 5.97 Å². The lowest BCUT2D eigenvalue weighted by Gasteiger charge is -2.06. The molecule has 0 atom stereocenters. The van der Waals surface area contributed by atoms with E-state index in [1.54, 1.807) is 24.3 Å². The Hall–Kier alpha value is -3.00. The molecule has 5 heteroatoms. The molecule has 3 nitrogen and oxygen atoms in total. The van der Waals surface area contributed by atoms with Gasteiger partial charge in [0.25, 0.3) is 0 Å². The second-order valence-electron chi connectivity index (χ2n) is 4.73. The van der Waals surface area contributed by atoms with Crippen LogP contribution in [0.3, 0.4) is 0 Å². The fourth-order valence-electron chi connectivity index (χ4n) is 1.91. The van der Waals surface area contributed by atoms with E-state index in [1.807, 2.05) is 19.1 Å². The highest BCUT2D eigenvalue weighted by molar-refractivity contribution is 5.91. The molecule has 0 radical (unpaired) electrons.